The van der Waals surface area contributed by atoms with Gasteiger partial charge in [0.15, 0.2) is 5.58 Å². The Bertz CT molecular complexity index is 1250. The minimum absolute atomic E-state index is 0.313. The third-order valence-corrected chi connectivity index (χ3v) is 5.60. The molecule has 0 saturated heterocycles. The predicted molar refractivity (Wildman–Crippen MR) is 124 cm³/mol. The van der Waals surface area contributed by atoms with E-state index in [1.807, 2.05) is 30.3 Å². The van der Waals surface area contributed by atoms with Crippen LogP contribution >= 0.6 is 11.6 Å². The molecule has 6 heteroatoms. The first-order valence-corrected chi connectivity index (χ1v) is 10.5. The summed E-state index contributed by atoms with van der Waals surface area (Å²) >= 11 is 6.05. The lowest BCUT2D eigenvalue weighted by Gasteiger charge is -2.10. The topological polar surface area (TPSA) is 64.4 Å². The van der Waals surface area contributed by atoms with Crippen LogP contribution in [0.1, 0.15) is 42.1 Å². The third kappa shape index (κ3) is 4.42. The fraction of sp³-hybridized carbons (Fsp3) is 0.200. The zero-order chi connectivity index (χ0) is 22.0. The molecule has 0 aliphatic rings. The molecule has 0 aliphatic heterocycles. The Morgan fingerprint density at radius 1 is 1.16 bits per heavy atom. The summed E-state index contributed by atoms with van der Waals surface area (Å²) < 4.78 is 11.2. The van der Waals surface area contributed by atoms with E-state index < -0.39 is 0 Å². The number of halogens is 1. The van der Waals surface area contributed by atoms with Gasteiger partial charge in [0, 0.05) is 16.3 Å². The van der Waals surface area contributed by atoms with Gasteiger partial charge in [0.05, 0.1) is 12.7 Å². The van der Waals surface area contributed by atoms with E-state index in [0.29, 0.717) is 33.8 Å². The lowest BCUT2D eigenvalue weighted by Crippen LogP contribution is -2.13. The maximum Gasteiger partial charge on any atom is 0.259 e. The van der Waals surface area contributed by atoms with Gasteiger partial charge in [-0.05, 0) is 66.4 Å². The first kappa shape index (κ1) is 20.9. The third-order valence-electron chi connectivity index (χ3n) is 5.37. The Hall–Kier alpha value is -3.31. The summed E-state index contributed by atoms with van der Waals surface area (Å²) in [6, 6.07) is 18.4. The van der Waals surface area contributed by atoms with Crippen LogP contribution in [0.4, 0.5) is 5.69 Å². The zero-order valence-electron chi connectivity index (χ0n) is 17.6. The molecule has 0 radical (unpaired) electrons. The minimum atomic E-state index is -0.313. The number of ether oxygens (including phenoxy) is 1. The Balaban J connectivity index is 1.61. The normalized spacial score (nSPS) is 12.0. The Morgan fingerprint density at radius 3 is 2.77 bits per heavy atom. The van der Waals surface area contributed by atoms with Gasteiger partial charge in [-0.1, -0.05) is 37.6 Å². The van der Waals surface area contributed by atoms with Crippen molar-refractivity contribution in [3.8, 4) is 17.2 Å². The van der Waals surface area contributed by atoms with Crippen LogP contribution in [-0.2, 0) is 0 Å². The Labute approximate surface area is 186 Å². The fourth-order valence-electron chi connectivity index (χ4n) is 3.40. The number of amides is 1. The number of hydrogen-bond donors (Lipinski definition) is 1. The van der Waals surface area contributed by atoms with Crippen molar-refractivity contribution in [1.82, 2.24) is 4.98 Å². The highest BCUT2D eigenvalue weighted by molar-refractivity contribution is 6.31. The summed E-state index contributed by atoms with van der Waals surface area (Å²) in [5.41, 5.74) is 4.56. The van der Waals surface area contributed by atoms with Crippen LogP contribution < -0.4 is 10.1 Å². The molecule has 1 heterocycles. The molecule has 0 fully saturated rings. The van der Waals surface area contributed by atoms with Crippen molar-refractivity contribution in [2.75, 3.05) is 12.4 Å². The number of rotatable bonds is 6. The molecular weight excluding hydrogens is 412 g/mol. The van der Waals surface area contributed by atoms with E-state index in [1.54, 1.807) is 18.2 Å². The van der Waals surface area contributed by atoms with Gasteiger partial charge in [0.2, 0.25) is 5.89 Å². The van der Waals surface area contributed by atoms with E-state index in [-0.39, 0.29) is 5.91 Å². The molecule has 1 aromatic heterocycles. The van der Waals surface area contributed by atoms with E-state index in [0.717, 1.165) is 23.1 Å². The molecule has 158 valence electrons. The van der Waals surface area contributed by atoms with Crippen molar-refractivity contribution in [3.63, 3.8) is 0 Å². The van der Waals surface area contributed by atoms with Crippen LogP contribution in [0.2, 0.25) is 5.02 Å². The Morgan fingerprint density at radius 2 is 2.00 bits per heavy atom. The van der Waals surface area contributed by atoms with Crippen molar-refractivity contribution in [1.29, 1.82) is 0 Å². The van der Waals surface area contributed by atoms with E-state index in [9.17, 15) is 4.79 Å². The molecule has 0 bridgehead atoms. The van der Waals surface area contributed by atoms with Crippen LogP contribution in [0.3, 0.4) is 0 Å². The monoisotopic (exact) mass is 434 g/mol. The molecule has 1 atom stereocenters. The molecular formula is C25H23ClN2O3. The second-order valence-corrected chi connectivity index (χ2v) is 7.87. The van der Waals surface area contributed by atoms with Crippen LogP contribution in [-0.4, -0.2) is 18.0 Å². The van der Waals surface area contributed by atoms with Gasteiger partial charge in [-0.15, -0.1) is 0 Å². The molecule has 31 heavy (non-hydrogen) atoms. The average Bonchev–Trinajstić information content (AvgIpc) is 3.22. The Kier molecular flexibility index (Phi) is 5.96. The highest BCUT2D eigenvalue weighted by atomic mass is 35.5. The van der Waals surface area contributed by atoms with Gasteiger partial charge in [0.1, 0.15) is 11.3 Å². The SMILES string of the molecule is CC[C@@H](C)c1ccc2oc(-c3cccc(NC(=O)c4cc(Cl)ccc4OC)c3)nc2c1. The van der Waals surface area contributed by atoms with Crippen LogP contribution in [0.5, 0.6) is 5.75 Å². The number of carbonyl (C=O) groups excluding carboxylic acids is 1. The van der Waals surface area contributed by atoms with Crippen LogP contribution in [0.25, 0.3) is 22.6 Å². The lowest BCUT2D eigenvalue weighted by atomic mass is 9.98. The first-order chi connectivity index (χ1) is 15.0. The van der Waals surface area contributed by atoms with Crippen molar-refractivity contribution in [2.45, 2.75) is 26.2 Å². The summed E-state index contributed by atoms with van der Waals surface area (Å²) in [6.07, 6.45) is 1.06. The number of carbonyl (C=O) groups is 1. The largest absolute Gasteiger partial charge is 0.496 e. The number of aromatic nitrogens is 1. The van der Waals surface area contributed by atoms with Gasteiger partial charge in [-0.3, -0.25) is 4.79 Å². The van der Waals surface area contributed by atoms with Gasteiger partial charge in [0.25, 0.3) is 5.91 Å². The number of benzene rings is 3. The van der Waals surface area contributed by atoms with Crippen LogP contribution in [0.15, 0.2) is 65.1 Å². The van der Waals surface area contributed by atoms with Crippen molar-refractivity contribution >= 4 is 34.3 Å². The number of nitrogens with zero attached hydrogens (tertiary/aromatic N) is 1. The van der Waals surface area contributed by atoms with E-state index >= 15 is 0 Å². The second kappa shape index (κ2) is 8.82. The number of nitrogens with one attached hydrogen (secondary N) is 1. The quantitative estimate of drug-likeness (QED) is 0.357. The van der Waals surface area contributed by atoms with Gasteiger partial charge < -0.3 is 14.5 Å². The predicted octanol–water partition coefficient (Wildman–Crippen LogP) is 6.92. The summed E-state index contributed by atoms with van der Waals surface area (Å²) in [4.78, 5) is 17.4. The van der Waals surface area contributed by atoms with Crippen molar-refractivity contribution in [3.05, 3.63) is 76.8 Å². The summed E-state index contributed by atoms with van der Waals surface area (Å²) in [5, 5.41) is 3.35. The van der Waals surface area contributed by atoms with E-state index in [2.05, 4.69) is 36.3 Å². The maximum atomic E-state index is 12.8. The lowest BCUT2D eigenvalue weighted by molar-refractivity contribution is 0.102. The van der Waals surface area contributed by atoms with E-state index in [1.165, 1.54) is 12.7 Å². The standard InChI is InChI=1S/C25H23ClN2O3/c1-4-15(2)16-8-10-23-21(13-16)28-25(31-23)17-6-5-7-19(12-17)27-24(29)20-14-18(26)9-11-22(20)30-3/h5-15H,4H2,1-3H3,(H,27,29)/t15-/m1/s1. The summed E-state index contributed by atoms with van der Waals surface area (Å²) in [5.74, 6) is 1.11. The van der Waals surface area contributed by atoms with Crippen molar-refractivity contribution < 1.29 is 13.9 Å². The maximum absolute atomic E-state index is 12.8. The van der Waals surface area contributed by atoms with Gasteiger partial charge >= 0.3 is 0 Å². The highest BCUT2D eigenvalue weighted by Crippen LogP contribution is 2.30. The highest BCUT2D eigenvalue weighted by Gasteiger charge is 2.15. The number of fused-ring (bicyclic) bond motifs is 1. The minimum Gasteiger partial charge on any atom is -0.496 e. The molecule has 0 aliphatic carbocycles. The molecule has 1 N–H and O–H groups in total. The number of hydrogen-bond acceptors (Lipinski definition) is 4. The average molecular weight is 435 g/mol. The fourth-order valence-corrected chi connectivity index (χ4v) is 3.57. The molecule has 4 rings (SSSR count). The second-order valence-electron chi connectivity index (χ2n) is 7.44. The van der Waals surface area contributed by atoms with Gasteiger partial charge in [-0.25, -0.2) is 4.98 Å². The molecule has 4 aromatic rings. The molecule has 5 nitrogen and oxygen atoms in total. The molecule has 0 spiro atoms. The van der Waals surface area contributed by atoms with Gasteiger partial charge in [-0.2, -0.15) is 0 Å². The van der Waals surface area contributed by atoms with Crippen molar-refractivity contribution in [2.24, 2.45) is 0 Å². The summed E-state index contributed by atoms with van der Waals surface area (Å²) in [7, 11) is 1.51. The smallest absolute Gasteiger partial charge is 0.259 e. The number of oxazole rings is 1. The first-order valence-electron chi connectivity index (χ1n) is 10.1. The zero-order valence-corrected chi connectivity index (χ0v) is 18.4. The van der Waals surface area contributed by atoms with Crippen LogP contribution in [0, 0.1) is 0 Å². The number of methoxy groups -OCH3 is 1. The number of anilines is 1. The molecule has 1 amide bonds. The molecule has 0 saturated carbocycles. The summed E-state index contributed by atoms with van der Waals surface area (Å²) in [6.45, 7) is 4.37. The molecule has 0 unspecified atom stereocenters. The molecule has 3 aromatic carbocycles. The van der Waals surface area contributed by atoms with E-state index in [4.69, 9.17) is 20.8 Å².